The minimum absolute atomic E-state index is 0. The number of aromatic nitrogens is 2. The number of para-hydroxylation sites is 1. The molecule has 7 heteroatoms. The van der Waals surface area contributed by atoms with E-state index in [1.54, 1.807) is 6.20 Å². The van der Waals surface area contributed by atoms with E-state index in [9.17, 15) is 4.79 Å². The second kappa shape index (κ2) is 12.9. The van der Waals surface area contributed by atoms with E-state index >= 15 is 0 Å². The fourth-order valence-corrected chi connectivity index (χ4v) is 3.09. The number of anilines is 1. The van der Waals surface area contributed by atoms with Gasteiger partial charge >= 0.3 is 0 Å². The highest BCUT2D eigenvalue weighted by Gasteiger charge is 2.07. The van der Waals surface area contributed by atoms with E-state index in [-0.39, 0.29) is 30.7 Å². The number of aryl methyl sites for hydroxylation is 3. The molecular weight excluding hydrogens is 407 g/mol. The van der Waals surface area contributed by atoms with Crippen LogP contribution in [0, 0.1) is 0 Å². The maximum absolute atomic E-state index is 12.1. The Labute approximate surface area is 184 Å². The van der Waals surface area contributed by atoms with Crippen molar-refractivity contribution in [3.8, 4) is 0 Å². The summed E-state index contributed by atoms with van der Waals surface area (Å²) in [6.45, 7) is 1.34. The topological polar surface area (TPSA) is 72.9 Å². The number of nitrogens with one attached hydrogen (secondary N) is 1. The van der Waals surface area contributed by atoms with Gasteiger partial charge in [-0.1, -0.05) is 48.5 Å². The maximum Gasteiger partial charge on any atom is 0.220 e. The van der Waals surface area contributed by atoms with E-state index in [4.69, 9.17) is 5.73 Å². The van der Waals surface area contributed by atoms with Crippen molar-refractivity contribution in [1.29, 1.82) is 0 Å². The zero-order valence-corrected chi connectivity index (χ0v) is 17.9. The minimum atomic E-state index is 0. The monoisotopic (exact) mass is 434 g/mol. The summed E-state index contributed by atoms with van der Waals surface area (Å²) in [5, 5.41) is 2.96. The van der Waals surface area contributed by atoms with Gasteiger partial charge in [-0.25, -0.2) is 4.98 Å². The molecule has 0 saturated heterocycles. The molecule has 0 bridgehead atoms. The molecule has 156 valence electrons. The molecule has 3 rings (SSSR count). The average molecular weight is 435 g/mol. The van der Waals surface area contributed by atoms with Gasteiger partial charge in [0, 0.05) is 31.0 Å². The first kappa shape index (κ1) is 24.5. The van der Waals surface area contributed by atoms with Crippen LogP contribution >= 0.6 is 24.8 Å². The van der Waals surface area contributed by atoms with Crippen molar-refractivity contribution in [2.75, 3.05) is 5.73 Å². The number of nitrogens with zero attached hydrogens (tertiary/aromatic N) is 2. The Morgan fingerprint density at radius 3 is 2.48 bits per heavy atom. The number of carbonyl (C=O) groups excluding carboxylic acids is 1. The van der Waals surface area contributed by atoms with Crippen LogP contribution in [-0.2, 0) is 30.7 Å². The quantitative estimate of drug-likeness (QED) is 0.495. The molecule has 3 N–H and O–H groups in total. The van der Waals surface area contributed by atoms with Gasteiger partial charge in [0.1, 0.15) is 5.82 Å². The molecule has 29 heavy (non-hydrogen) atoms. The summed E-state index contributed by atoms with van der Waals surface area (Å²) >= 11 is 0. The van der Waals surface area contributed by atoms with Crippen LogP contribution in [0.2, 0.25) is 0 Å². The van der Waals surface area contributed by atoms with E-state index in [1.807, 2.05) is 36.5 Å². The predicted octanol–water partition coefficient (Wildman–Crippen LogP) is 4.19. The lowest BCUT2D eigenvalue weighted by atomic mass is 10.1. The molecule has 0 saturated carbocycles. The Morgan fingerprint density at radius 2 is 1.72 bits per heavy atom. The SMILES string of the molecule is Cl.Cl.Nc1ccccc1CCC(=O)NCc1nccn1CCCc1ccccc1. The summed E-state index contributed by atoms with van der Waals surface area (Å²) in [4.78, 5) is 16.5. The van der Waals surface area contributed by atoms with Crippen molar-refractivity contribution in [3.63, 3.8) is 0 Å². The summed E-state index contributed by atoms with van der Waals surface area (Å²) in [6.07, 6.45) is 6.89. The van der Waals surface area contributed by atoms with Crippen molar-refractivity contribution in [3.05, 3.63) is 83.9 Å². The molecule has 0 fully saturated rings. The van der Waals surface area contributed by atoms with Gasteiger partial charge in [-0.3, -0.25) is 4.79 Å². The molecule has 1 aromatic heterocycles. The van der Waals surface area contributed by atoms with Gasteiger partial charge in [0.05, 0.1) is 6.54 Å². The Hall–Kier alpha value is -2.50. The lowest BCUT2D eigenvalue weighted by Gasteiger charge is -2.10. The smallest absolute Gasteiger partial charge is 0.220 e. The molecule has 5 nitrogen and oxygen atoms in total. The fourth-order valence-electron chi connectivity index (χ4n) is 3.09. The third-order valence-electron chi connectivity index (χ3n) is 4.63. The number of hydrogen-bond donors (Lipinski definition) is 2. The molecule has 0 aliphatic heterocycles. The number of imidazole rings is 1. The first-order valence-corrected chi connectivity index (χ1v) is 9.36. The van der Waals surface area contributed by atoms with Crippen LogP contribution in [0.25, 0.3) is 0 Å². The van der Waals surface area contributed by atoms with Crippen molar-refractivity contribution in [2.45, 2.75) is 38.8 Å². The number of nitrogen functional groups attached to an aromatic ring is 1. The van der Waals surface area contributed by atoms with Gasteiger partial charge in [-0.2, -0.15) is 0 Å². The molecule has 0 unspecified atom stereocenters. The van der Waals surface area contributed by atoms with E-state index in [2.05, 4.69) is 39.1 Å². The Morgan fingerprint density at radius 1 is 1.00 bits per heavy atom. The van der Waals surface area contributed by atoms with Gasteiger partial charge in [-0.15, -0.1) is 24.8 Å². The standard InChI is InChI=1S/C22H26N4O.2ClH/c23-20-11-5-4-10-19(20)12-13-22(27)25-17-21-24-14-16-26(21)15-6-9-18-7-2-1-3-8-18;;/h1-5,7-8,10-11,14,16H,6,9,12-13,15,17,23H2,(H,25,27);2*1H. The third kappa shape index (κ3) is 7.80. The van der Waals surface area contributed by atoms with Crippen molar-refractivity contribution in [2.24, 2.45) is 0 Å². The number of nitrogens with two attached hydrogens (primary N) is 1. The van der Waals surface area contributed by atoms with Crippen LogP contribution in [0.15, 0.2) is 67.0 Å². The lowest BCUT2D eigenvalue weighted by molar-refractivity contribution is -0.121. The third-order valence-corrected chi connectivity index (χ3v) is 4.63. The highest BCUT2D eigenvalue weighted by atomic mass is 35.5. The van der Waals surface area contributed by atoms with Crippen molar-refractivity contribution >= 4 is 36.4 Å². The molecule has 1 amide bonds. The molecule has 0 radical (unpaired) electrons. The first-order chi connectivity index (χ1) is 13.2. The largest absolute Gasteiger partial charge is 0.399 e. The number of carbonyl (C=O) groups is 1. The van der Waals surface area contributed by atoms with E-state index in [1.165, 1.54) is 5.56 Å². The van der Waals surface area contributed by atoms with Crippen LogP contribution in [0.5, 0.6) is 0 Å². The molecule has 3 aromatic rings. The molecule has 1 heterocycles. The molecular formula is C22H28Cl2N4O. The van der Waals surface area contributed by atoms with Gasteiger partial charge < -0.3 is 15.6 Å². The van der Waals surface area contributed by atoms with Crippen LogP contribution in [0.4, 0.5) is 5.69 Å². The van der Waals surface area contributed by atoms with E-state index in [0.29, 0.717) is 19.4 Å². The predicted molar refractivity (Wildman–Crippen MR) is 123 cm³/mol. The highest BCUT2D eigenvalue weighted by Crippen LogP contribution is 2.12. The van der Waals surface area contributed by atoms with Gasteiger partial charge in [0.15, 0.2) is 0 Å². The molecule has 0 aliphatic rings. The van der Waals surface area contributed by atoms with Gasteiger partial charge in [0.2, 0.25) is 5.91 Å². The Balaban J connectivity index is 0.00000210. The summed E-state index contributed by atoms with van der Waals surface area (Å²) in [6, 6.07) is 18.1. The summed E-state index contributed by atoms with van der Waals surface area (Å²) < 4.78 is 2.11. The van der Waals surface area contributed by atoms with Crippen LogP contribution < -0.4 is 11.1 Å². The molecule has 0 spiro atoms. The van der Waals surface area contributed by atoms with E-state index in [0.717, 1.165) is 36.5 Å². The van der Waals surface area contributed by atoms with Gasteiger partial charge in [-0.05, 0) is 36.5 Å². The molecule has 0 aliphatic carbocycles. The zero-order chi connectivity index (χ0) is 18.9. The van der Waals surface area contributed by atoms with Crippen molar-refractivity contribution in [1.82, 2.24) is 14.9 Å². The second-order valence-electron chi connectivity index (χ2n) is 6.60. The Kier molecular flexibility index (Phi) is 10.9. The fraction of sp³-hybridized carbons (Fsp3) is 0.273. The van der Waals surface area contributed by atoms with Crippen molar-refractivity contribution < 1.29 is 4.79 Å². The normalized spacial score (nSPS) is 9.93. The van der Waals surface area contributed by atoms with Crippen LogP contribution in [-0.4, -0.2) is 15.5 Å². The number of amides is 1. The van der Waals surface area contributed by atoms with Crippen LogP contribution in [0.3, 0.4) is 0 Å². The molecule has 2 aromatic carbocycles. The second-order valence-corrected chi connectivity index (χ2v) is 6.60. The highest BCUT2D eigenvalue weighted by molar-refractivity contribution is 5.85. The average Bonchev–Trinajstić information content (AvgIpc) is 3.14. The number of rotatable bonds is 9. The lowest BCUT2D eigenvalue weighted by Crippen LogP contribution is -2.25. The number of benzene rings is 2. The number of hydrogen-bond acceptors (Lipinski definition) is 3. The number of halogens is 2. The summed E-state index contributed by atoms with van der Waals surface area (Å²) in [5.74, 6) is 0.896. The Bertz CT molecular complexity index is 868. The molecule has 0 atom stereocenters. The summed E-state index contributed by atoms with van der Waals surface area (Å²) in [5.41, 5.74) is 9.01. The maximum atomic E-state index is 12.1. The zero-order valence-electron chi connectivity index (χ0n) is 16.3. The van der Waals surface area contributed by atoms with Crippen LogP contribution in [0.1, 0.15) is 29.8 Å². The van der Waals surface area contributed by atoms with Gasteiger partial charge in [0.25, 0.3) is 0 Å². The van der Waals surface area contributed by atoms with E-state index < -0.39 is 0 Å². The first-order valence-electron chi connectivity index (χ1n) is 9.36. The minimum Gasteiger partial charge on any atom is -0.399 e. The summed E-state index contributed by atoms with van der Waals surface area (Å²) in [7, 11) is 0.